The molecule has 0 unspecified atom stereocenters. The van der Waals surface area contributed by atoms with Crippen molar-refractivity contribution in [3.05, 3.63) is 70.4 Å². The third kappa shape index (κ3) is 5.17. The van der Waals surface area contributed by atoms with Gasteiger partial charge in [0.15, 0.2) is 5.82 Å². The van der Waals surface area contributed by atoms with E-state index in [4.69, 9.17) is 16.3 Å². The molecule has 1 amide bonds. The summed E-state index contributed by atoms with van der Waals surface area (Å²) in [5.74, 6) is 0.0770. The lowest BCUT2D eigenvalue weighted by molar-refractivity contribution is -0.137. The van der Waals surface area contributed by atoms with Crippen molar-refractivity contribution in [3.8, 4) is 17.1 Å². The Hall–Kier alpha value is -3.56. The van der Waals surface area contributed by atoms with E-state index in [-0.39, 0.29) is 11.6 Å². The number of aryl methyl sites for hydroxylation is 2. The fourth-order valence-electron chi connectivity index (χ4n) is 3.95. The highest BCUT2D eigenvalue weighted by Gasteiger charge is 2.27. The molecule has 4 aromatic rings. The number of carbonyl (C=O) groups excluding carboxylic acids is 1. The predicted molar refractivity (Wildman–Crippen MR) is 135 cm³/mol. The minimum absolute atomic E-state index is 0.00516. The van der Waals surface area contributed by atoms with Crippen LogP contribution in [0.2, 0.25) is 5.02 Å². The van der Waals surface area contributed by atoms with Gasteiger partial charge in [0.2, 0.25) is 0 Å². The van der Waals surface area contributed by atoms with E-state index in [1.165, 1.54) is 32.3 Å². The van der Waals surface area contributed by atoms with Crippen LogP contribution < -0.4 is 10.1 Å². The molecule has 2 aromatic carbocycles. The Morgan fingerprint density at radius 1 is 1.31 bits per heavy atom. The normalized spacial score (nSPS) is 12.6. The van der Waals surface area contributed by atoms with Crippen molar-refractivity contribution in [2.24, 2.45) is 7.05 Å². The largest absolute Gasteiger partial charge is 0.487 e. The molecule has 4 rings (SSSR count). The lowest BCUT2D eigenvalue weighted by Crippen LogP contribution is -2.43. The van der Waals surface area contributed by atoms with Crippen LogP contribution >= 0.6 is 11.6 Å². The molecule has 0 aliphatic carbocycles. The number of benzene rings is 2. The molecular weight excluding hydrogens is 485 g/mol. The average Bonchev–Trinajstić information content (AvgIpc) is 3.22. The Morgan fingerprint density at radius 2 is 2.06 bits per heavy atom. The number of pyridine rings is 1. The van der Waals surface area contributed by atoms with Gasteiger partial charge < -0.3 is 15.2 Å². The summed E-state index contributed by atoms with van der Waals surface area (Å²) in [6.45, 7) is 6.34. The van der Waals surface area contributed by atoms with Crippen molar-refractivity contribution in [2.75, 3.05) is 0 Å². The van der Waals surface area contributed by atoms with Crippen LogP contribution in [0.4, 0.5) is 4.39 Å². The van der Waals surface area contributed by atoms with Gasteiger partial charge in [-0.3, -0.25) is 4.79 Å². The van der Waals surface area contributed by atoms with Crippen LogP contribution in [-0.4, -0.2) is 36.4 Å². The maximum Gasteiger partial charge on any atom is 0.251 e. The van der Waals surface area contributed by atoms with Gasteiger partial charge in [0.1, 0.15) is 35.6 Å². The second-order valence-electron chi connectivity index (χ2n) is 9.17. The molecule has 0 spiro atoms. The van der Waals surface area contributed by atoms with E-state index in [9.17, 15) is 14.3 Å². The smallest absolute Gasteiger partial charge is 0.251 e. The van der Waals surface area contributed by atoms with Crippen LogP contribution in [0.25, 0.3) is 22.3 Å². The fraction of sp³-hybridized carbons (Fsp3) is 0.308. The lowest BCUT2D eigenvalue weighted by atomic mass is 10.00. The number of para-hydroxylation sites is 1. The minimum Gasteiger partial charge on any atom is -0.487 e. The third-order valence-corrected chi connectivity index (χ3v) is 6.16. The number of hydrogen-bond acceptors (Lipinski definition) is 6. The number of fused-ring (bicyclic) bond motifs is 1. The second kappa shape index (κ2) is 9.83. The highest BCUT2D eigenvalue weighted by Crippen LogP contribution is 2.34. The van der Waals surface area contributed by atoms with Gasteiger partial charge in [0.05, 0.1) is 11.1 Å². The van der Waals surface area contributed by atoms with Crippen molar-refractivity contribution in [1.29, 1.82) is 0 Å². The zero-order valence-electron chi connectivity index (χ0n) is 20.6. The molecule has 2 heterocycles. The number of hydrogen-bond donors (Lipinski definition) is 2. The maximum atomic E-state index is 14.3. The van der Waals surface area contributed by atoms with Crippen molar-refractivity contribution in [1.82, 2.24) is 25.1 Å². The van der Waals surface area contributed by atoms with Gasteiger partial charge in [-0.1, -0.05) is 23.7 Å². The average molecular weight is 512 g/mol. The van der Waals surface area contributed by atoms with Gasteiger partial charge in [0.25, 0.3) is 5.91 Å². The van der Waals surface area contributed by atoms with E-state index in [0.29, 0.717) is 28.2 Å². The first-order chi connectivity index (χ1) is 17.0. The molecule has 0 aliphatic rings. The number of nitrogens with one attached hydrogen (secondary N) is 1. The second-order valence-corrected chi connectivity index (χ2v) is 9.58. The van der Waals surface area contributed by atoms with Crippen molar-refractivity contribution in [2.45, 2.75) is 45.9 Å². The summed E-state index contributed by atoms with van der Waals surface area (Å²) in [4.78, 5) is 21.4. The van der Waals surface area contributed by atoms with Gasteiger partial charge in [-0.25, -0.2) is 19.0 Å². The molecule has 0 fully saturated rings. The van der Waals surface area contributed by atoms with Gasteiger partial charge >= 0.3 is 0 Å². The fourth-order valence-corrected chi connectivity index (χ4v) is 4.22. The molecular formula is C26H27ClFN5O3. The zero-order valence-corrected chi connectivity index (χ0v) is 21.4. The molecule has 8 nitrogen and oxygen atoms in total. The van der Waals surface area contributed by atoms with Crippen LogP contribution in [0.3, 0.4) is 0 Å². The number of aromatic nitrogens is 4. The summed E-state index contributed by atoms with van der Waals surface area (Å²) in [6, 6.07) is 9.40. The topological polar surface area (TPSA) is 102 Å². The van der Waals surface area contributed by atoms with Gasteiger partial charge in [0, 0.05) is 29.3 Å². The molecule has 0 bridgehead atoms. The summed E-state index contributed by atoms with van der Waals surface area (Å²) >= 11 is 6.41. The number of nitrogens with zero attached hydrogens (tertiary/aromatic N) is 4. The van der Waals surface area contributed by atoms with Gasteiger partial charge in [-0.15, -0.1) is 0 Å². The molecule has 0 saturated heterocycles. The number of ether oxygens (including phenoxy) is 1. The Balaban J connectivity index is 1.70. The summed E-state index contributed by atoms with van der Waals surface area (Å²) in [5.41, 5.74) is 1.65. The minimum atomic E-state index is -1.59. The van der Waals surface area contributed by atoms with Crippen molar-refractivity contribution >= 4 is 28.4 Å². The Labute approximate surface area is 213 Å². The number of rotatable bonds is 7. The SMILES string of the molecule is Cc1cc(-c2ncnn2C)c2cccc(OCc3c(Cl)cc(F)cc3[C@H](C)NC(=O)C(C)(C)O)c2n1. The summed E-state index contributed by atoms with van der Waals surface area (Å²) in [5, 5.41) is 17.9. The van der Waals surface area contributed by atoms with Gasteiger partial charge in [-0.2, -0.15) is 5.10 Å². The number of halogens is 2. The Kier molecular flexibility index (Phi) is 6.97. The first kappa shape index (κ1) is 25.5. The molecule has 0 saturated carbocycles. The van der Waals surface area contributed by atoms with E-state index in [2.05, 4.69) is 20.4 Å². The predicted octanol–water partition coefficient (Wildman–Crippen LogP) is 4.66. The number of aliphatic hydroxyl groups is 1. The zero-order chi connectivity index (χ0) is 26.2. The number of amides is 1. The van der Waals surface area contributed by atoms with E-state index < -0.39 is 23.4 Å². The Bertz CT molecular complexity index is 1450. The molecule has 188 valence electrons. The summed E-state index contributed by atoms with van der Waals surface area (Å²) < 4.78 is 22.1. The highest BCUT2D eigenvalue weighted by atomic mass is 35.5. The Morgan fingerprint density at radius 3 is 2.72 bits per heavy atom. The standard InChI is InChI=1S/C26H27ClFN5O3/c1-14-9-19(24-29-13-30-33(24)5)17-7-6-8-22(23(17)31-14)36-12-20-18(10-16(28)11-21(20)27)15(2)32-25(34)26(3,4)35/h6-11,13,15,35H,12H2,1-5H3,(H,32,34)/t15-/m0/s1. The number of carbonyl (C=O) groups is 1. The molecule has 0 radical (unpaired) electrons. The van der Waals surface area contributed by atoms with E-state index >= 15 is 0 Å². The van der Waals surface area contributed by atoms with Crippen LogP contribution in [0.15, 0.2) is 42.7 Å². The monoisotopic (exact) mass is 511 g/mol. The van der Waals surface area contributed by atoms with Crippen LogP contribution in [-0.2, 0) is 18.4 Å². The maximum absolute atomic E-state index is 14.3. The summed E-state index contributed by atoms with van der Waals surface area (Å²) in [7, 11) is 1.82. The highest BCUT2D eigenvalue weighted by molar-refractivity contribution is 6.31. The van der Waals surface area contributed by atoms with Crippen LogP contribution in [0.5, 0.6) is 5.75 Å². The van der Waals surface area contributed by atoms with Crippen molar-refractivity contribution in [3.63, 3.8) is 0 Å². The van der Waals surface area contributed by atoms with E-state index in [1.54, 1.807) is 17.7 Å². The molecule has 2 aromatic heterocycles. The first-order valence-electron chi connectivity index (χ1n) is 11.3. The lowest BCUT2D eigenvalue weighted by Gasteiger charge is -2.23. The van der Waals surface area contributed by atoms with Crippen LogP contribution in [0.1, 0.15) is 43.6 Å². The van der Waals surface area contributed by atoms with Gasteiger partial charge in [-0.05, 0) is 57.5 Å². The van der Waals surface area contributed by atoms with Crippen LogP contribution in [0, 0.1) is 12.7 Å². The first-order valence-corrected chi connectivity index (χ1v) is 11.7. The quantitative estimate of drug-likeness (QED) is 0.374. The third-order valence-electron chi connectivity index (χ3n) is 5.82. The molecule has 1 atom stereocenters. The molecule has 2 N–H and O–H groups in total. The molecule has 36 heavy (non-hydrogen) atoms. The molecule has 10 heteroatoms. The van der Waals surface area contributed by atoms with Crippen molar-refractivity contribution < 1.29 is 19.0 Å². The molecule has 0 aliphatic heterocycles. The van der Waals surface area contributed by atoms with E-state index in [0.717, 1.165) is 16.6 Å². The van der Waals surface area contributed by atoms with E-state index in [1.807, 2.05) is 32.2 Å². The summed E-state index contributed by atoms with van der Waals surface area (Å²) in [6.07, 6.45) is 1.49.